The van der Waals surface area contributed by atoms with Gasteiger partial charge in [0.2, 0.25) is 28.6 Å². The van der Waals surface area contributed by atoms with Crippen molar-refractivity contribution in [3.63, 3.8) is 0 Å². The Labute approximate surface area is 219 Å². The van der Waals surface area contributed by atoms with Crippen molar-refractivity contribution in [3.05, 3.63) is 53.6 Å². The van der Waals surface area contributed by atoms with E-state index in [-0.39, 0.29) is 30.9 Å². The number of anilines is 1. The van der Waals surface area contributed by atoms with Gasteiger partial charge in [-0.15, -0.1) is 0 Å². The van der Waals surface area contributed by atoms with Crippen LogP contribution in [-0.4, -0.2) is 56.8 Å². The van der Waals surface area contributed by atoms with Gasteiger partial charge < -0.3 is 19.7 Å². The third kappa shape index (κ3) is 6.94. The summed E-state index contributed by atoms with van der Waals surface area (Å²) in [6.07, 6.45) is 0.381. The van der Waals surface area contributed by atoms with Crippen LogP contribution in [0.1, 0.15) is 45.2 Å². The molecule has 2 aromatic rings. The Hall–Kier alpha value is -3.27. The van der Waals surface area contributed by atoms with Crippen LogP contribution in [0, 0.1) is 12.8 Å². The molecular weight excluding hydrogens is 494 g/mol. The number of ether oxygens (including phenoxy) is 2. The molecule has 2 aromatic carbocycles. The highest BCUT2D eigenvalue weighted by atomic mass is 32.2. The van der Waals surface area contributed by atoms with E-state index in [0.29, 0.717) is 30.2 Å². The van der Waals surface area contributed by atoms with Gasteiger partial charge in [0.15, 0.2) is 11.5 Å². The fourth-order valence-corrected chi connectivity index (χ4v) is 5.13. The zero-order chi connectivity index (χ0) is 27.2. The number of aryl methyl sites for hydroxylation is 1. The summed E-state index contributed by atoms with van der Waals surface area (Å²) in [5, 5.41) is 2.93. The standard InChI is InChI=1S/C27H37N3O6S/c1-6-23(27(32)28-15-19(3)4)29(16-21-11-9-8-10-20(21)5)26(31)17-30(37(33,34)7-2)22-12-13-24-25(14-22)36-18-35-24/h8-14,19,23H,6-7,15-18H2,1-5H3,(H,28,32)/t23-/m1/s1. The molecule has 0 saturated carbocycles. The van der Waals surface area contributed by atoms with Crippen LogP contribution >= 0.6 is 0 Å². The predicted octanol–water partition coefficient (Wildman–Crippen LogP) is 3.46. The van der Waals surface area contributed by atoms with Gasteiger partial charge in [-0.1, -0.05) is 45.0 Å². The average molecular weight is 532 g/mol. The van der Waals surface area contributed by atoms with Gasteiger partial charge in [-0.3, -0.25) is 13.9 Å². The van der Waals surface area contributed by atoms with Crippen LogP contribution in [-0.2, 0) is 26.2 Å². The second kappa shape index (κ2) is 12.3. The number of benzene rings is 2. The molecular formula is C27H37N3O6S. The van der Waals surface area contributed by atoms with Crippen LogP contribution in [0.2, 0.25) is 0 Å². The summed E-state index contributed by atoms with van der Waals surface area (Å²) in [6.45, 7) is 9.57. The monoisotopic (exact) mass is 531 g/mol. The highest BCUT2D eigenvalue weighted by Crippen LogP contribution is 2.36. The van der Waals surface area contributed by atoms with Crippen molar-refractivity contribution in [2.24, 2.45) is 5.92 Å². The van der Waals surface area contributed by atoms with E-state index in [0.717, 1.165) is 15.4 Å². The fraction of sp³-hybridized carbons (Fsp3) is 0.481. The Balaban J connectivity index is 1.97. The van der Waals surface area contributed by atoms with E-state index in [4.69, 9.17) is 9.47 Å². The molecule has 0 bridgehead atoms. The summed E-state index contributed by atoms with van der Waals surface area (Å²) in [7, 11) is -3.83. The summed E-state index contributed by atoms with van der Waals surface area (Å²) in [4.78, 5) is 28.5. The Morgan fingerprint density at radius 3 is 2.41 bits per heavy atom. The Bertz CT molecular complexity index is 1210. The summed E-state index contributed by atoms with van der Waals surface area (Å²) >= 11 is 0. The van der Waals surface area contributed by atoms with Crippen molar-refractivity contribution in [3.8, 4) is 11.5 Å². The van der Waals surface area contributed by atoms with E-state index in [1.165, 1.54) is 11.8 Å². The number of hydrogen-bond acceptors (Lipinski definition) is 6. The van der Waals surface area contributed by atoms with Gasteiger partial charge in [0, 0.05) is 19.2 Å². The highest BCUT2D eigenvalue weighted by molar-refractivity contribution is 7.92. The molecule has 9 nitrogen and oxygen atoms in total. The van der Waals surface area contributed by atoms with E-state index in [9.17, 15) is 18.0 Å². The van der Waals surface area contributed by atoms with Crippen LogP contribution in [0.25, 0.3) is 0 Å². The van der Waals surface area contributed by atoms with Crippen molar-refractivity contribution < 1.29 is 27.5 Å². The number of amides is 2. The molecule has 1 N–H and O–H groups in total. The first-order valence-corrected chi connectivity index (χ1v) is 14.2. The third-order valence-electron chi connectivity index (χ3n) is 6.30. The van der Waals surface area contributed by atoms with Gasteiger partial charge in [-0.05, 0) is 49.4 Å². The first-order chi connectivity index (χ1) is 17.6. The van der Waals surface area contributed by atoms with Crippen molar-refractivity contribution >= 4 is 27.5 Å². The minimum absolute atomic E-state index is 0.0477. The molecule has 1 heterocycles. The first-order valence-electron chi connectivity index (χ1n) is 12.6. The van der Waals surface area contributed by atoms with E-state index < -0.39 is 28.5 Å². The molecule has 1 atom stereocenters. The Morgan fingerprint density at radius 2 is 1.76 bits per heavy atom. The molecule has 0 spiro atoms. The maximum absolute atomic E-state index is 13.9. The number of sulfonamides is 1. The van der Waals surface area contributed by atoms with Crippen molar-refractivity contribution in [2.75, 3.05) is 29.9 Å². The SMILES string of the molecule is CC[C@H](C(=O)NCC(C)C)N(Cc1ccccc1C)C(=O)CN(c1ccc2c(c1)OCO2)S(=O)(=O)CC. The summed E-state index contributed by atoms with van der Waals surface area (Å²) < 4.78 is 38.1. The summed E-state index contributed by atoms with van der Waals surface area (Å²) in [6, 6.07) is 11.7. The lowest BCUT2D eigenvalue weighted by Crippen LogP contribution is -2.52. The molecule has 0 radical (unpaired) electrons. The second-order valence-corrected chi connectivity index (χ2v) is 11.6. The second-order valence-electron chi connectivity index (χ2n) is 9.46. The topological polar surface area (TPSA) is 105 Å². The summed E-state index contributed by atoms with van der Waals surface area (Å²) in [5.74, 6) is 0.253. The molecule has 10 heteroatoms. The van der Waals surface area contributed by atoms with Gasteiger partial charge in [-0.25, -0.2) is 8.42 Å². The molecule has 0 aromatic heterocycles. The van der Waals surface area contributed by atoms with Crippen LogP contribution in [0.3, 0.4) is 0 Å². The Morgan fingerprint density at radius 1 is 1.05 bits per heavy atom. The highest BCUT2D eigenvalue weighted by Gasteiger charge is 2.33. The molecule has 2 amide bonds. The van der Waals surface area contributed by atoms with Gasteiger partial charge >= 0.3 is 0 Å². The molecule has 3 rings (SSSR count). The number of carbonyl (C=O) groups excluding carboxylic acids is 2. The van der Waals surface area contributed by atoms with Crippen LogP contribution in [0.15, 0.2) is 42.5 Å². The lowest BCUT2D eigenvalue weighted by atomic mass is 10.1. The number of nitrogens with zero attached hydrogens (tertiary/aromatic N) is 2. The van der Waals surface area contributed by atoms with Crippen molar-refractivity contribution in [1.82, 2.24) is 10.2 Å². The van der Waals surface area contributed by atoms with Crippen molar-refractivity contribution in [1.29, 1.82) is 0 Å². The molecule has 1 aliphatic heterocycles. The maximum atomic E-state index is 13.9. The molecule has 0 saturated heterocycles. The molecule has 0 fully saturated rings. The Kier molecular flexibility index (Phi) is 9.42. The van der Waals surface area contributed by atoms with Gasteiger partial charge in [0.25, 0.3) is 0 Å². The van der Waals surface area contributed by atoms with E-state index in [1.807, 2.05) is 52.0 Å². The zero-order valence-electron chi connectivity index (χ0n) is 22.2. The predicted molar refractivity (Wildman–Crippen MR) is 143 cm³/mol. The molecule has 37 heavy (non-hydrogen) atoms. The first kappa shape index (κ1) is 28.3. The van der Waals surface area contributed by atoms with Crippen LogP contribution in [0.5, 0.6) is 11.5 Å². The molecule has 1 aliphatic rings. The average Bonchev–Trinajstić information content (AvgIpc) is 3.34. The molecule has 0 aliphatic carbocycles. The minimum Gasteiger partial charge on any atom is -0.454 e. The number of rotatable bonds is 12. The van der Waals surface area contributed by atoms with Gasteiger partial charge in [0.05, 0.1) is 11.4 Å². The normalized spacial score (nSPS) is 13.4. The fourth-order valence-electron chi connectivity index (χ4n) is 4.07. The lowest BCUT2D eigenvalue weighted by Gasteiger charge is -2.33. The number of nitrogens with one attached hydrogen (secondary N) is 1. The van der Waals surface area contributed by atoms with Gasteiger partial charge in [0.1, 0.15) is 12.6 Å². The quantitative estimate of drug-likeness (QED) is 0.450. The zero-order valence-corrected chi connectivity index (χ0v) is 23.0. The van der Waals surface area contributed by atoms with E-state index >= 15 is 0 Å². The third-order valence-corrected chi connectivity index (χ3v) is 8.04. The van der Waals surface area contributed by atoms with Crippen LogP contribution in [0.4, 0.5) is 5.69 Å². The van der Waals surface area contributed by atoms with Crippen LogP contribution < -0.4 is 19.1 Å². The molecule has 0 unspecified atom stereocenters. The lowest BCUT2D eigenvalue weighted by molar-refractivity contribution is -0.140. The van der Waals surface area contributed by atoms with Gasteiger partial charge in [-0.2, -0.15) is 0 Å². The van der Waals surface area contributed by atoms with E-state index in [1.54, 1.807) is 18.2 Å². The molecule has 202 valence electrons. The number of hydrogen-bond donors (Lipinski definition) is 1. The number of fused-ring (bicyclic) bond motifs is 1. The number of carbonyl (C=O) groups is 2. The minimum atomic E-state index is -3.83. The van der Waals surface area contributed by atoms with E-state index in [2.05, 4.69) is 5.32 Å². The smallest absolute Gasteiger partial charge is 0.244 e. The maximum Gasteiger partial charge on any atom is 0.244 e. The van der Waals surface area contributed by atoms with Crippen molar-refractivity contribution in [2.45, 2.75) is 53.6 Å². The summed E-state index contributed by atoms with van der Waals surface area (Å²) in [5.41, 5.74) is 2.16. The largest absolute Gasteiger partial charge is 0.454 e.